The molecule has 0 amide bonds. The molecule has 0 aromatic carbocycles. The number of rotatable bonds is 8. The summed E-state index contributed by atoms with van der Waals surface area (Å²) in [6, 6.07) is 0. The van der Waals surface area contributed by atoms with Gasteiger partial charge in [0.15, 0.2) is 0 Å². The quantitative estimate of drug-likeness (QED) is 0.400. The molecule has 0 aromatic rings. The van der Waals surface area contributed by atoms with Gasteiger partial charge in [-0.25, -0.2) is 0 Å². The minimum Gasteiger partial charge on any atom is -0.392 e. The molecule has 4 nitrogen and oxygen atoms in total. The molecule has 0 spiro atoms. The van der Waals surface area contributed by atoms with E-state index in [0.717, 1.165) is 38.6 Å². The van der Waals surface area contributed by atoms with Crippen LogP contribution in [0.3, 0.4) is 0 Å². The molecular formula is C21H40N2O2. The zero-order valence-corrected chi connectivity index (χ0v) is 16.7. The summed E-state index contributed by atoms with van der Waals surface area (Å²) in [7, 11) is 3.75. The average molecular weight is 353 g/mol. The first-order chi connectivity index (χ1) is 12.1. The van der Waals surface area contributed by atoms with Crippen molar-refractivity contribution in [3.8, 4) is 0 Å². The van der Waals surface area contributed by atoms with Crippen LogP contribution in [-0.2, 0) is 0 Å². The van der Waals surface area contributed by atoms with Crippen LogP contribution in [0.15, 0.2) is 23.9 Å². The molecule has 146 valence electrons. The van der Waals surface area contributed by atoms with Crippen LogP contribution in [0.1, 0.15) is 58.8 Å². The van der Waals surface area contributed by atoms with Gasteiger partial charge >= 0.3 is 0 Å². The molecule has 2 rings (SSSR count). The van der Waals surface area contributed by atoms with Gasteiger partial charge in [0.2, 0.25) is 0 Å². The van der Waals surface area contributed by atoms with Crippen molar-refractivity contribution >= 4 is 0 Å². The third kappa shape index (κ3) is 7.51. The van der Waals surface area contributed by atoms with E-state index in [1.165, 1.54) is 18.4 Å². The standard InChI is InChI=1S/C19H33NO2.C2H7N/c1-3-5-6-7-16(21)8-9-17-18-11-14(13-20-4-2)10-15(18)12-19(17)22;1-3-2/h8-9,13,15-22H,3-7,10-12H2,1-2H3;3H,1-2H3/t15-,16-,17+,18-,19+;/m0./s1. The van der Waals surface area contributed by atoms with Gasteiger partial charge in [-0.05, 0) is 64.7 Å². The Balaban J connectivity index is 0.000000970. The molecule has 25 heavy (non-hydrogen) atoms. The predicted octanol–water partition coefficient (Wildman–Crippen LogP) is 3.22. The van der Waals surface area contributed by atoms with Crippen molar-refractivity contribution in [2.45, 2.75) is 71.0 Å². The first-order valence-corrected chi connectivity index (χ1v) is 10.1. The van der Waals surface area contributed by atoms with E-state index in [1.807, 2.05) is 20.2 Å². The number of hydrogen-bond acceptors (Lipinski definition) is 4. The minimum absolute atomic E-state index is 0.221. The summed E-state index contributed by atoms with van der Waals surface area (Å²) in [6.45, 7) is 5.26. The lowest BCUT2D eigenvalue weighted by atomic mass is 9.90. The molecule has 2 aliphatic carbocycles. The van der Waals surface area contributed by atoms with Crippen molar-refractivity contribution in [2.24, 2.45) is 17.8 Å². The Labute approximate surface area is 154 Å². The van der Waals surface area contributed by atoms with Crippen molar-refractivity contribution in [1.29, 1.82) is 0 Å². The third-order valence-electron chi connectivity index (χ3n) is 5.28. The highest BCUT2D eigenvalue weighted by molar-refractivity contribution is 5.17. The van der Waals surface area contributed by atoms with Crippen molar-refractivity contribution in [2.75, 3.05) is 20.6 Å². The Morgan fingerprint density at radius 1 is 1.20 bits per heavy atom. The van der Waals surface area contributed by atoms with Gasteiger partial charge in [0, 0.05) is 12.5 Å². The summed E-state index contributed by atoms with van der Waals surface area (Å²) in [5.41, 5.74) is 1.49. The Bertz CT molecular complexity index is 409. The largest absolute Gasteiger partial charge is 0.392 e. The van der Waals surface area contributed by atoms with Crippen LogP contribution in [0.5, 0.6) is 0 Å². The summed E-state index contributed by atoms with van der Waals surface area (Å²) < 4.78 is 0. The fourth-order valence-corrected chi connectivity index (χ4v) is 4.09. The zero-order chi connectivity index (χ0) is 18.7. The molecular weight excluding hydrogens is 312 g/mol. The highest BCUT2D eigenvalue weighted by atomic mass is 16.3. The Morgan fingerprint density at radius 2 is 1.92 bits per heavy atom. The molecule has 4 N–H and O–H groups in total. The molecule has 0 unspecified atom stereocenters. The van der Waals surface area contributed by atoms with Gasteiger partial charge in [0.05, 0.1) is 12.2 Å². The second-order valence-electron chi connectivity index (χ2n) is 7.52. The topological polar surface area (TPSA) is 64.5 Å². The van der Waals surface area contributed by atoms with E-state index in [9.17, 15) is 10.2 Å². The molecule has 0 radical (unpaired) electrons. The van der Waals surface area contributed by atoms with E-state index < -0.39 is 0 Å². The van der Waals surface area contributed by atoms with Crippen LogP contribution >= 0.6 is 0 Å². The summed E-state index contributed by atoms with van der Waals surface area (Å²) in [4.78, 5) is 0. The maximum Gasteiger partial charge on any atom is 0.0721 e. The molecule has 0 heterocycles. The molecule has 5 atom stereocenters. The fraction of sp³-hybridized carbons (Fsp3) is 0.810. The molecule has 0 aliphatic heterocycles. The van der Waals surface area contributed by atoms with Gasteiger partial charge in [0.25, 0.3) is 0 Å². The number of nitrogens with one attached hydrogen (secondary N) is 2. The summed E-state index contributed by atoms with van der Waals surface area (Å²) in [5, 5.41) is 26.4. The molecule has 2 saturated carbocycles. The van der Waals surface area contributed by atoms with Gasteiger partial charge < -0.3 is 20.8 Å². The van der Waals surface area contributed by atoms with Crippen LogP contribution in [0, 0.1) is 17.8 Å². The van der Waals surface area contributed by atoms with E-state index in [4.69, 9.17) is 0 Å². The lowest BCUT2D eigenvalue weighted by Gasteiger charge is -2.17. The van der Waals surface area contributed by atoms with Crippen molar-refractivity contribution in [1.82, 2.24) is 10.6 Å². The predicted molar refractivity (Wildman–Crippen MR) is 106 cm³/mol. The van der Waals surface area contributed by atoms with Crippen LogP contribution < -0.4 is 10.6 Å². The average Bonchev–Trinajstić information content (AvgIpc) is 3.08. The first kappa shape index (κ1) is 22.2. The number of aliphatic hydroxyl groups is 2. The number of aliphatic hydroxyl groups excluding tert-OH is 2. The lowest BCUT2D eigenvalue weighted by molar-refractivity contribution is 0.139. The van der Waals surface area contributed by atoms with Crippen LogP contribution in [-0.4, -0.2) is 43.1 Å². The minimum atomic E-state index is -0.351. The maximum atomic E-state index is 10.3. The van der Waals surface area contributed by atoms with Crippen molar-refractivity contribution < 1.29 is 10.2 Å². The van der Waals surface area contributed by atoms with Gasteiger partial charge in [0.1, 0.15) is 0 Å². The van der Waals surface area contributed by atoms with E-state index in [-0.39, 0.29) is 18.1 Å². The number of fused-ring (bicyclic) bond motifs is 1. The summed E-state index contributed by atoms with van der Waals surface area (Å²) in [6.07, 6.45) is 13.0. The Morgan fingerprint density at radius 3 is 2.56 bits per heavy atom. The number of allylic oxidation sites excluding steroid dienone is 1. The van der Waals surface area contributed by atoms with Crippen molar-refractivity contribution in [3.63, 3.8) is 0 Å². The smallest absolute Gasteiger partial charge is 0.0721 e. The molecule has 0 aromatic heterocycles. The van der Waals surface area contributed by atoms with E-state index >= 15 is 0 Å². The third-order valence-corrected chi connectivity index (χ3v) is 5.28. The highest BCUT2D eigenvalue weighted by Gasteiger charge is 2.45. The Hall–Kier alpha value is -0.840. The van der Waals surface area contributed by atoms with E-state index in [2.05, 4.69) is 36.8 Å². The van der Waals surface area contributed by atoms with Gasteiger partial charge in [-0.3, -0.25) is 0 Å². The van der Waals surface area contributed by atoms with Gasteiger partial charge in [-0.1, -0.05) is 43.9 Å². The molecule has 2 aliphatic rings. The number of hydrogen-bond donors (Lipinski definition) is 4. The van der Waals surface area contributed by atoms with Gasteiger partial charge in [-0.2, -0.15) is 0 Å². The fourth-order valence-electron chi connectivity index (χ4n) is 4.09. The number of unbranched alkanes of at least 4 members (excludes halogenated alkanes) is 2. The normalized spacial score (nSPS) is 31.0. The molecule has 0 bridgehead atoms. The maximum absolute atomic E-state index is 10.3. The van der Waals surface area contributed by atoms with E-state index in [0.29, 0.717) is 11.8 Å². The van der Waals surface area contributed by atoms with Crippen molar-refractivity contribution in [3.05, 3.63) is 23.9 Å². The molecule has 0 saturated heterocycles. The first-order valence-electron chi connectivity index (χ1n) is 10.1. The lowest BCUT2D eigenvalue weighted by Crippen LogP contribution is -2.17. The van der Waals surface area contributed by atoms with Crippen LogP contribution in [0.4, 0.5) is 0 Å². The summed E-state index contributed by atoms with van der Waals surface area (Å²) >= 11 is 0. The second-order valence-corrected chi connectivity index (χ2v) is 7.52. The highest BCUT2D eigenvalue weighted by Crippen LogP contribution is 2.50. The molecule has 2 fully saturated rings. The monoisotopic (exact) mass is 352 g/mol. The Kier molecular flexibility index (Phi) is 11.1. The van der Waals surface area contributed by atoms with E-state index in [1.54, 1.807) is 0 Å². The zero-order valence-electron chi connectivity index (χ0n) is 16.7. The second kappa shape index (κ2) is 12.5. The SMILES string of the molecule is CCCCC[C@H](O)C=C[C@@H]1[C@H]2CC(=CNCC)C[C@H]2C[C@H]1O.CNC. The van der Waals surface area contributed by atoms with Crippen LogP contribution in [0.25, 0.3) is 0 Å². The van der Waals surface area contributed by atoms with Crippen LogP contribution in [0.2, 0.25) is 0 Å². The van der Waals surface area contributed by atoms with Gasteiger partial charge in [-0.15, -0.1) is 0 Å². The molecule has 4 heteroatoms. The summed E-state index contributed by atoms with van der Waals surface area (Å²) in [5.74, 6) is 1.39.